The second-order valence-corrected chi connectivity index (χ2v) is 8.51. The Morgan fingerprint density at radius 3 is 2.70 bits per heavy atom. The molecule has 2 heterocycles. The molecule has 3 nitrogen and oxygen atoms in total. The Morgan fingerprint density at radius 1 is 1.40 bits per heavy atom. The van der Waals surface area contributed by atoms with Crippen molar-refractivity contribution >= 4 is 16.5 Å². The van der Waals surface area contributed by atoms with E-state index in [1.54, 1.807) is 0 Å². The molecule has 1 saturated carbocycles. The fraction of sp³-hybridized carbons (Fsp3) is 0.812. The van der Waals surface area contributed by atoms with Crippen molar-refractivity contribution in [2.75, 3.05) is 18.0 Å². The SMILES string of the molecule is CC(C)c1nc(N2CCC(C)(C)C2)sc1CNC1CC1. The van der Waals surface area contributed by atoms with Gasteiger partial charge in [-0.15, -0.1) is 11.3 Å². The van der Waals surface area contributed by atoms with Crippen LogP contribution in [0, 0.1) is 5.41 Å². The third-order valence-corrected chi connectivity index (χ3v) is 5.47. The van der Waals surface area contributed by atoms with Crippen molar-refractivity contribution in [3.63, 3.8) is 0 Å². The smallest absolute Gasteiger partial charge is 0.185 e. The molecule has 0 bridgehead atoms. The van der Waals surface area contributed by atoms with Gasteiger partial charge in [-0.3, -0.25) is 0 Å². The molecule has 2 aliphatic rings. The van der Waals surface area contributed by atoms with E-state index >= 15 is 0 Å². The van der Waals surface area contributed by atoms with Crippen LogP contribution in [-0.4, -0.2) is 24.1 Å². The molecule has 1 aromatic heterocycles. The number of anilines is 1. The van der Waals surface area contributed by atoms with Crippen molar-refractivity contribution in [1.29, 1.82) is 0 Å². The van der Waals surface area contributed by atoms with Crippen LogP contribution in [0.2, 0.25) is 0 Å². The summed E-state index contributed by atoms with van der Waals surface area (Å²) in [4.78, 5) is 8.89. The highest BCUT2D eigenvalue weighted by molar-refractivity contribution is 7.15. The highest BCUT2D eigenvalue weighted by Crippen LogP contribution is 2.37. The second-order valence-electron chi connectivity index (χ2n) is 7.45. The van der Waals surface area contributed by atoms with Crippen molar-refractivity contribution in [1.82, 2.24) is 10.3 Å². The van der Waals surface area contributed by atoms with E-state index in [1.165, 1.54) is 35.0 Å². The third-order valence-electron chi connectivity index (χ3n) is 4.34. The molecule has 4 heteroatoms. The monoisotopic (exact) mass is 293 g/mol. The van der Waals surface area contributed by atoms with Gasteiger partial charge < -0.3 is 10.2 Å². The lowest BCUT2D eigenvalue weighted by Crippen LogP contribution is -2.22. The van der Waals surface area contributed by atoms with Crippen LogP contribution in [0.1, 0.15) is 63.4 Å². The van der Waals surface area contributed by atoms with E-state index in [4.69, 9.17) is 4.98 Å². The molecule has 1 N–H and O–H groups in total. The molecular weight excluding hydrogens is 266 g/mol. The van der Waals surface area contributed by atoms with Gasteiger partial charge in [-0.1, -0.05) is 27.7 Å². The zero-order valence-electron chi connectivity index (χ0n) is 13.2. The minimum atomic E-state index is 0.441. The summed E-state index contributed by atoms with van der Waals surface area (Å²) >= 11 is 1.91. The second kappa shape index (κ2) is 5.30. The van der Waals surface area contributed by atoms with Crippen LogP contribution in [0.25, 0.3) is 0 Å². The van der Waals surface area contributed by atoms with Crippen LogP contribution in [0.15, 0.2) is 0 Å². The molecule has 20 heavy (non-hydrogen) atoms. The summed E-state index contributed by atoms with van der Waals surface area (Å²) in [7, 11) is 0. The number of thiazole rings is 1. The molecule has 1 saturated heterocycles. The normalized spacial score (nSPS) is 21.9. The molecule has 1 aromatic rings. The molecule has 2 fully saturated rings. The molecule has 0 unspecified atom stereocenters. The van der Waals surface area contributed by atoms with E-state index in [2.05, 4.69) is 37.9 Å². The van der Waals surface area contributed by atoms with Gasteiger partial charge in [0.1, 0.15) is 0 Å². The van der Waals surface area contributed by atoms with Gasteiger partial charge in [0.25, 0.3) is 0 Å². The van der Waals surface area contributed by atoms with Crippen molar-refractivity contribution in [2.45, 2.75) is 65.5 Å². The Labute approximate surface area is 126 Å². The van der Waals surface area contributed by atoms with Crippen molar-refractivity contribution in [2.24, 2.45) is 5.41 Å². The van der Waals surface area contributed by atoms with Crippen molar-refractivity contribution < 1.29 is 0 Å². The molecular formula is C16H27N3S. The Kier molecular flexibility index (Phi) is 3.80. The molecule has 1 aliphatic carbocycles. The average Bonchev–Trinajstić information content (AvgIpc) is 2.98. The maximum Gasteiger partial charge on any atom is 0.185 e. The van der Waals surface area contributed by atoms with E-state index in [9.17, 15) is 0 Å². The topological polar surface area (TPSA) is 28.2 Å². The van der Waals surface area contributed by atoms with E-state index in [-0.39, 0.29) is 0 Å². The van der Waals surface area contributed by atoms with Gasteiger partial charge in [0.2, 0.25) is 0 Å². The fourth-order valence-corrected chi connectivity index (χ4v) is 4.05. The first-order valence-corrected chi connectivity index (χ1v) is 8.74. The number of hydrogen-bond donors (Lipinski definition) is 1. The summed E-state index contributed by atoms with van der Waals surface area (Å²) in [6.45, 7) is 12.5. The minimum absolute atomic E-state index is 0.441. The first-order valence-electron chi connectivity index (χ1n) is 7.92. The zero-order valence-corrected chi connectivity index (χ0v) is 14.0. The molecule has 112 valence electrons. The van der Waals surface area contributed by atoms with E-state index < -0.39 is 0 Å². The maximum absolute atomic E-state index is 4.96. The third kappa shape index (κ3) is 3.17. The summed E-state index contributed by atoms with van der Waals surface area (Å²) in [5.41, 5.74) is 1.75. The molecule has 1 aliphatic heterocycles. The van der Waals surface area contributed by atoms with Gasteiger partial charge in [0, 0.05) is 30.6 Å². The van der Waals surface area contributed by atoms with E-state index in [0.29, 0.717) is 11.3 Å². The highest BCUT2D eigenvalue weighted by Gasteiger charge is 2.31. The fourth-order valence-electron chi connectivity index (χ4n) is 2.86. The van der Waals surface area contributed by atoms with Gasteiger partial charge >= 0.3 is 0 Å². The zero-order chi connectivity index (χ0) is 14.3. The minimum Gasteiger partial charge on any atom is -0.348 e. The van der Waals surface area contributed by atoms with Crippen molar-refractivity contribution in [3.8, 4) is 0 Å². The quantitative estimate of drug-likeness (QED) is 0.896. The number of nitrogens with one attached hydrogen (secondary N) is 1. The van der Waals surface area contributed by atoms with Crippen LogP contribution in [-0.2, 0) is 6.54 Å². The Bertz CT molecular complexity index is 474. The van der Waals surface area contributed by atoms with Crippen LogP contribution >= 0.6 is 11.3 Å². The van der Waals surface area contributed by atoms with E-state index in [0.717, 1.165) is 25.7 Å². The van der Waals surface area contributed by atoms with Gasteiger partial charge in [-0.25, -0.2) is 4.98 Å². The lowest BCUT2D eigenvalue weighted by molar-refractivity contribution is 0.418. The lowest BCUT2D eigenvalue weighted by Gasteiger charge is -2.18. The van der Waals surface area contributed by atoms with Crippen LogP contribution in [0.4, 0.5) is 5.13 Å². The van der Waals surface area contributed by atoms with E-state index in [1.807, 2.05) is 11.3 Å². The maximum atomic E-state index is 4.96. The van der Waals surface area contributed by atoms with Gasteiger partial charge in [-0.2, -0.15) is 0 Å². The highest BCUT2D eigenvalue weighted by atomic mass is 32.1. The number of aromatic nitrogens is 1. The summed E-state index contributed by atoms with van der Waals surface area (Å²) < 4.78 is 0. The predicted molar refractivity (Wildman–Crippen MR) is 86.7 cm³/mol. The lowest BCUT2D eigenvalue weighted by atomic mass is 9.93. The predicted octanol–water partition coefficient (Wildman–Crippen LogP) is 3.75. The number of hydrogen-bond acceptors (Lipinski definition) is 4. The van der Waals surface area contributed by atoms with Crippen molar-refractivity contribution in [3.05, 3.63) is 10.6 Å². The van der Waals surface area contributed by atoms with Crippen LogP contribution < -0.4 is 10.2 Å². The van der Waals surface area contributed by atoms with Crippen LogP contribution in [0.5, 0.6) is 0 Å². The van der Waals surface area contributed by atoms with Gasteiger partial charge in [0.15, 0.2) is 5.13 Å². The molecule has 0 atom stereocenters. The Morgan fingerprint density at radius 2 is 2.15 bits per heavy atom. The Balaban J connectivity index is 1.75. The largest absolute Gasteiger partial charge is 0.348 e. The average molecular weight is 293 g/mol. The summed E-state index contributed by atoms with van der Waals surface area (Å²) in [5.74, 6) is 0.520. The number of rotatable bonds is 5. The first-order chi connectivity index (χ1) is 9.44. The first kappa shape index (κ1) is 14.3. The van der Waals surface area contributed by atoms with Gasteiger partial charge in [-0.05, 0) is 30.6 Å². The Hall–Kier alpha value is -0.610. The number of nitrogens with zero attached hydrogens (tertiary/aromatic N) is 2. The summed E-state index contributed by atoms with van der Waals surface area (Å²) in [6, 6.07) is 0.770. The standard InChI is InChI=1S/C16H27N3S/c1-11(2)14-13(9-17-12-5-6-12)20-15(18-14)19-8-7-16(3,4)10-19/h11-12,17H,5-10H2,1-4H3. The summed E-state index contributed by atoms with van der Waals surface area (Å²) in [5, 5.41) is 4.88. The molecule has 3 rings (SSSR count). The van der Waals surface area contributed by atoms with Gasteiger partial charge in [0.05, 0.1) is 5.69 Å². The molecule has 0 aromatic carbocycles. The molecule has 0 spiro atoms. The molecule has 0 radical (unpaired) electrons. The summed E-state index contributed by atoms with van der Waals surface area (Å²) in [6.07, 6.45) is 3.98. The molecule has 0 amide bonds. The van der Waals surface area contributed by atoms with Crippen LogP contribution in [0.3, 0.4) is 0 Å².